The standard InChI is InChI=1S/C14H19N5O/c1-19-9-10(8-16-19)11-7-12(15)18-13(17-11)14(20-2)5-3-4-6-14/h7-9H,3-6H2,1-2H3,(H2,15,17,18). The van der Waals surface area contributed by atoms with Crippen LogP contribution >= 0.6 is 0 Å². The average molecular weight is 273 g/mol. The van der Waals surface area contributed by atoms with E-state index in [0.717, 1.165) is 36.9 Å². The summed E-state index contributed by atoms with van der Waals surface area (Å²) in [7, 11) is 3.60. The maximum absolute atomic E-state index is 5.95. The van der Waals surface area contributed by atoms with Crippen molar-refractivity contribution in [1.82, 2.24) is 19.7 Å². The second-order valence-corrected chi connectivity index (χ2v) is 5.31. The Bertz CT molecular complexity index is 616. The minimum Gasteiger partial charge on any atom is -0.384 e. The molecule has 2 aromatic heterocycles. The first-order valence-corrected chi connectivity index (χ1v) is 6.82. The average Bonchev–Trinajstić information content (AvgIpc) is 3.07. The third kappa shape index (κ3) is 2.16. The zero-order chi connectivity index (χ0) is 14.2. The maximum atomic E-state index is 5.95. The Kier molecular flexibility index (Phi) is 3.17. The Labute approximate surface area is 118 Å². The van der Waals surface area contributed by atoms with E-state index in [1.807, 2.05) is 13.2 Å². The summed E-state index contributed by atoms with van der Waals surface area (Å²) in [6, 6.07) is 1.78. The molecule has 3 rings (SSSR count). The van der Waals surface area contributed by atoms with Crippen LogP contribution in [-0.2, 0) is 17.4 Å². The summed E-state index contributed by atoms with van der Waals surface area (Å²) in [5, 5.41) is 4.17. The zero-order valence-electron chi connectivity index (χ0n) is 11.8. The molecule has 1 aliphatic rings. The van der Waals surface area contributed by atoms with E-state index in [0.29, 0.717) is 11.6 Å². The minimum atomic E-state index is -0.383. The first-order valence-electron chi connectivity index (χ1n) is 6.82. The second kappa shape index (κ2) is 4.86. The highest BCUT2D eigenvalue weighted by Crippen LogP contribution is 2.40. The molecule has 1 aliphatic carbocycles. The van der Waals surface area contributed by atoms with E-state index >= 15 is 0 Å². The molecule has 0 atom stereocenters. The number of aromatic nitrogens is 4. The van der Waals surface area contributed by atoms with Gasteiger partial charge in [-0.2, -0.15) is 5.10 Å². The van der Waals surface area contributed by atoms with Crippen molar-refractivity contribution in [2.45, 2.75) is 31.3 Å². The SMILES string of the molecule is COC1(c2nc(N)cc(-c3cnn(C)c3)n2)CCCC1. The van der Waals surface area contributed by atoms with Gasteiger partial charge in [0.25, 0.3) is 0 Å². The number of nitrogens with two attached hydrogens (primary N) is 1. The summed E-state index contributed by atoms with van der Waals surface area (Å²) in [5.74, 6) is 1.16. The predicted molar refractivity (Wildman–Crippen MR) is 75.8 cm³/mol. The first kappa shape index (κ1) is 13.1. The van der Waals surface area contributed by atoms with Gasteiger partial charge in [-0.1, -0.05) is 0 Å². The number of anilines is 1. The van der Waals surface area contributed by atoms with Gasteiger partial charge < -0.3 is 10.5 Å². The number of hydrogen-bond donors (Lipinski definition) is 1. The van der Waals surface area contributed by atoms with E-state index in [9.17, 15) is 0 Å². The monoisotopic (exact) mass is 273 g/mol. The molecular weight excluding hydrogens is 254 g/mol. The number of hydrogen-bond acceptors (Lipinski definition) is 5. The molecule has 106 valence electrons. The molecule has 2 N–H and O–H groups in total. The normalized spacial score (nSPS) is 17.5. The van der Waals surface area contributed by atoms with Crippen molar-refractivity contribution in [3.63, 3.8) is 0 Å². The largest absolute Gasteiger partial charge is 0.384 e. The Balaban J connectivity index is 2.06. The zero-order valence-corrected chi connectivity index (χ0v) is 11.8. The Hall–Kier alpha value is -1.95. The van der Waals surface area contributed by atoms with Crippen LogP contribution in [0.3, 0.4) is 0 Å². The van der Waals surface area contributed by atoms with Crippen LogP contribution < -0.4 is 5.73 Å². The minimum absolute atomic E-state index is 0.383. The molecule has 2 heterocycles. The summed E-state index contributed by atoms with van der Waals surface area (Å²) < 4.78 is 7.48. The predicted octanol–water partition coefficient (Wildman–Crippen LogP) is 1.87. The molecule has 1 fully saturated rings. The molecule has 0 aromatic carbocycles. The van der Waals surface area contributed by atoms with Crippen LogP contribution in [0.25, 0.3) is 11.3 Å². The van der Waals surface area contributed by atoms with E-state index in [1.165, 1.54) is 0 Å². The lowest BCUT2D eigenvalue weighted by molar-refractivity contribution is -0.0160. The number of rotatable bonds is 3. The first-order chi connectivity index (χ1) is 9.63. The van der Waals surface area contributed by atoms with Crippen molar-refractivity contribution in [2.75, 3.05) is 12.8 Å². The van der Waals surface area contributed by atoms with Gasteiger partial charge in [-0.3, -0.25) is 4.68 Å². The van der Waals surface area contributed by atoms with Gasteiger partial charge in [0.15, 0.2) is 5.82 Å². The fraction of sp³-hybridized carbons (Fsp3) is 0.500. The van der Waals surface area contributed by atoms with Gasteiger partial charge in [-0.25, -0.2) is 9.97 Å². The molecule has 20 heavy (non-hydrogen) atoms. The Morgan fingerprint density at radius 3 is 2.65 bits per heavy atom. The van der Waals surface area contributed by atoms with Crippen molar-refractivity contribution in [2.24, 2.45) is 7.05 Å². The smallest absolute Gasteiger partial charge is 0.163 e. The Morgan fingerprint density at radius 2 is 2.05 bits per heavy atom. The summed E-state index contributed by atoms with van der Waals surface area (Å²) in [4.78, 5) is 9.08. The molecule has 2 aromatic rings. The van der Waals surface area contributed by atoms with Crippen molar-refractivity contribution in [3.05, 3.63) is 24.3 Å². The molecule has 0 amide bonds. The second-order valence-electron chi connectivity index (χ2n) is 5.31. The van der Waals surface area contributed by atoms with E-state index < -0.39 is 0 Å². The number of nitrogen functional groups attached to an aromatic ring is 1. The molecule has 6 heteroatoms. The lowest BCUT2D eigenvalue weighted by Gasteiger charge is -2.26. The lowest BCUT2D eigenvalue weighted by atomic mass is 10.0. The van der Waals surface area contributed by atoms with Crippen LogP contribution in [-0.4, -0.2) is 26.9 Å². The number of aryl methyl sites for hydroxylation is 1. The molecule has 0 radical (unpaired) electrons. The highest BCUT2D eigenvalue weighted by atomic mass is 16.5. The van der Waals surface area contributed by atoms with Gasteiger partial charge in [-0.05, 0) is 25.7 Å². The highest BCUT2D eigenvalue weighted by molar-refractivity contribution is 5.60. The summed E-state index contributed by atoms with van der Waals surface area (Å²) in [5.41, 5.74) is 7.30. The lowest BCUT2D eigenvalue weighted by Crippen LogP contribution is -2.27. The topological polar surface area (TPSA) is 78.9 Å². The molecule has 0 aliphatic heterocycles. The molecule has 6 nitrogen and oxygen atoms in total. The summed E-state index contributed by atoms with van der Waals surface area (Å²) in [6.07, 6.45) is 7.85. The third-order valence-electron chi connectivity index (χ3n) is 3.96. The third-order valence-corrected chi connectivity index (χ3v) is 3.96. The highest BCUT2D eigenvalue weighted by Gasteiger charge is 2.39. The van der Waals surface area contributed by atoms with Gasteiger partial charge in [0, 0.05) is 32.0 Å². The molecule has 0 unspecified atom stereocenters. The van der Waals surface area contributed by atoms with Crippen LogP contribution in [0, 0.1) is 0 Å². The quantitative estimate of drug-likeness (QED) is 0.923. The van der Waals surface area contributed by atoms with Crippen LogP contribution in [0.15, 0.2) is 18.5 Å². The van der Waals surface area contributed by atoms with E-state index in [-0.39, 0.29) is 5.60 Å². The maximum Gasteiger partial charge on any atom is 0.163 e. The van der Waals surface area contributed by atoms with Crippen LogP contribution in [0.5, 0.6) is 0 Å². The number of methoxy groups -OCH3 is 1. The molecule has 1 saturated carbocycles. The fourth-order valence-corrected chi connectivity index (χ4v) is 2.84. The van der Waals surface area contributed by atoms with Crippen molar-refractivity contribution < 1.29 is 4.74 Å². The fourth-order valence-electron chi connectivity index (χ4n) is 2.84. The molecular formula is C14H19N5O. The molecule has 0 saturated heterocycles. The van der Waals surface area contributed by atoms with Gasteiger partial charge in [-0.15, -0.1) is 0 Å². The van der Waals surface area contributed by atoms with Crippen molar-refractivity contribution in [3.8, 4) is 11.3 Å². The molecule has 0 bridgehead atoms. The van der Waals surface area contributed by atoms with E-state index in [4.69, 9.17) is 10.5 Å². The van der Waals surface area contributed by atoms with Gasteiger partial charge in [0.1, 0.15) is 11.4 Å². The van der Waals surface area contributed by atoms with Crippen LogP contribution in [0.1, 0.15) is 31.5 Å². The van der Waals surface area contributed by atoms with E-state index in [1.54, 1.807) is 24.1 Å². The number of nitrogens with zero attached hydrogens (tertiary/aromatic N) is 4. The van der Waals surface area contributed by atoms with Crippen molar-refractivity contribution >= 4 is 5.82 Å². The summed E-state index contributed by atoms with van der Waals surface area (Å²) >= 11 is 0. The van der Waals surface area contributed by atoms with Gasteiger partial charge >= 0.3 is 0 Å². The van der Waals surface area contributed by atoms with Crippen LogP contribution in [0.2, 0.25) is 0 Å². The Morgan fingerprint density at radius 1 is 1.30 bits per heavy atom. The summed E-state index contributed by atoms with van der Waals surface area (Å²) in [6.45, 7) is 0. The van der Waals surface area contributed by atoms with Gasteiger partial charge in [0.05, 0.1) is 11.9 Å². The molecule has 0 spiro atoms. The van der Waals surface area contributed by atoms with Crippen LogP contribution in [0.4, 0.5) is 5.82 Å². The van der Waals surface area contributed by atoms with Gasteiger partial charge in [0.2, 0.25) is 0 Å². The van der Waals surface area contributed by atoms with E-state index in [2.05, 4.69) is 15.1 Å². The number of ether oxygens (including phenoxy) is 1. The van der Waals surface area contributed by atoms with Crippen molar-refractivity contribution in [1.29, 1.82) is 0 Å².